The Bertz CT molecular complexity index is 471. The summed E-state index contributed by atoms with van der Waals surface area (Å²) < 4.78 is 0. The highest BCUT2D eigenvalue weighted by Crippen LogP contribution is 2.30. The molecule has 0 atom stereocenters. The van der Waals surface area contributed by atoms with Crippen LogP contribution in [0.25, 0.3) is 0 Å². The van der Waals surface area contributed by atoms with E-state index in [1.165, 1.54) is 29.6 Å². The van der Waals surface area contributed by atoms with Crippen LogP contribution in [0.2, 0.25) is 0 Å². The first-order chi connectivity index (χ1) is 8.65. The number of carbonyl (C=O) groups is 2. The molecule has 3 nitrogen and oxygen atoms in total. The maximum Gasteiger partial charge on any atom is 0.227 e. The lowest BCUT2D eigenvalue weighted by atomic mass is 10.1. The van der Waals surface area contributed by atoms with Gasteiger partial charge in [-0.25, -0.2) is 0 Å². The Balaban J connectivity index is 1.94. The molecule has 4 heteroatoms. The van der Waals surface area contributed by atoms with Gasteiger partial charge in [-0.2, -0.15) is 0 Å². The van der Waals surface area contributed by atoms with E-state index in [-0.39, 0.29) is 18.1 Å². The van der Waals surface area contributed by atoms with E-state index in [0.29, 0.717) is 6.54 Å². The second kappa shape index (κ2) is 6.05. The minimum Gasteiger partial charge on any atom is -0.352 e. The molecule has 1 aliphatic heterocycles. The van der Waals surface area contributed by atoms with Crippen LogP contribution in [0.5, 0.6) is 0 Å². The van der Waals surface area contributed by atoms with E-state index in [2.05, 4.69) is 17.4 Å². The van der Waals surface area contributed by atoms with Crippen LogP contribution in [0.4, 0.5) is 0 Å². The summed E-state index contributed by atoms with van der Waals surface area (Å²) in [6.45, 7) is 1.93. The minimum absolute atomic E-state index is 0.0270. The summed E-state index contributed by atoms with van der Waals surface area (Å²) in [6, 6.07) is 6.34. The van der Waals surface area contributed by atoms with Crippen molar-refractivity contribution in [1.29, 1.82) is 0 Å². The van der Waals surface area contributed by atoms with Gasteiger partial charge in [-0.1, -0.05) is 12.1 Å². The highest BCUT2D eigenvalue weighted by atomic mass is 32.2. The maximum absolute atomic E-state index is 11.4. The lowest BCUT2D eigenvalue weighted by Gasteiger charge is -2.16. The fourth-order valence-electron chi connectivity index (χ4n) is 2.01. The number of hydrogen-bond donors (Lipinski definition) is 1. The predicted octanol–water partition coefficient (Wildman–Crippen LogP) is 2.32. The van der Waals surface area contributed by atoms with E-state index in [4.69, 9.17) is 0 Å². The number of benzene rings is 1. The molecule has 1 aliphatic rings. The Labute approximate surface area is 111 Å². The van der Waals surface area contributed by atoms with Crippen LogP contribution in [-0.4, -0.2) is 17.4 Å². The molecule has 1 aromatic rings. The summed E-state index contributed by atoms with van der Waals surface area (Å²) in [5.41, 5.74) is 2.48. The van der Waals surface area contributed by atoms with Crippen molar-refractivity contribution in [3.63, 3.8) is 0 Å². The molecule has 1 heterocycles. The lowest BCUT2D eigenvalue weighted by Crippen LogP contribution is -2.24. The number of nitrogens with one attached hydrogen (secondary N) is 1. The molecule has 0 aliphatic carbocycles. The molecular weight excluding hydrogens is 246 g/mol. The number of ketones is 1. The van der Waals surface area contributed by atoms with E-state index >= 15 is 0 Å². The van der Waals surface area contributed by atoms with Crippen LogP contribution in [0, 0.1) is 0 Å². The van der Waals surface area contributed by atoms with Gasteiger partial charge in [0.1, 0.15) is 5.78 Å². The zero-order valence-electron chi connectivity index (χ0n) is 10.5. The van der Waals surface area contributed by atoms with Gasteiger partial charge < -0.3 is 5.32 Å². The average molecular weight is 263 g/mol. The Morgan fingerprint density at radius 3 is 3.00 bits per heavy atom. The van der Waals surface area contributed by atoms with Crippen molar-refractivity contribution in [2.45, 2.75) is 37.6 Å². The van der Waals surface area contributed by atoms with Gasteiger partial charge in [-0.05, 0) is 42.7 Å². The van der Waals surface area contributed by atoms with Crippen LogP contribution in [0.3, 0.4) is 0 Å². The first-order valence-electron chi connectivity index (χ1n) is 6.16. The third-order valence-corrected chi connectivity index (χ3v) is 4.07. The van der Waals surface area contributed by atoms with E-state index in [0.717, 1.165) is 12.0 Å². The number of hydrogen-bond acceptors (Lipinski definition) is 3. The number of fused-ring (bicyclic) bond motifs is 1. The van der Waals surface area contributed by atoms with Crippen molar-refractivity contribution < 1.29 is 9.59 Å². The van der Waals surface area contributed by atoms with Crippen LogP contribution >= 0.6 is 11.8 Å². The molecular formula is C14H17NO2S. The Morgan fingerprint density at radius 2 is 2.22 bits per heavy atom. The van der Waals surface area contributed by atoms with Crippen LogP contribution in [0.15, 0.2) is 23.1 Å². The van der Waals surface area contributed by atoms with Crippen LogP contribution < -0.4 is 5.32 Å². The van der Waals surface area contributed by atoms with Gasteiger partial charge in [0.2, 0.25) is 5.91 Å². The van der Waals surface area contributed by atoms with E-state index < -0.39 is 0 Å². The van der Waals surface area contributed by atoms with Crippen molar-refractivity contribution in [2.75, 3.05) is 5.75 Å². The second-order valence-electron chi connectivity index (χ2n) is 4.55. The molecule has 0 saturated carbocycles. The van der Waals surface area contributed by atoms with Gasteiger partial charge in [0.15, 0.2) is 0 Å². The molecule has 0 spiro atoms. The zero-order valence-corrected chi connectivity index (χ0v) is 11.3. The molecule has 1 amide bonds. The van der Waals surface area contributed by atoms with Gasteiger partial charge in [0, 0.05) is 11.4 Å². The SMILES string of the molecule is CC(=O)CC(=O)NCc1ccc2c(c1)CCCS2. The monoisotopic (exact) mass is 263 g/mol. The second-order valence-corrected chi connectivity index (χ2v) is 5.69. The Morgan fingerprint density at radius 1 is 1.39 bits per heavy atom. The van der Waals surface area contributed by atoms with Crippen molar-refractivity contribution in [2.24, 2.45) is 0 Å². The first-order valence-corrected chi connectivity index (χ1v) is 7.14. The standard InChI is InChI=1S/C14H17NO2S/c1-10(16)7-14(17)15-9-11-4-5-13-12(8-11)3-2-6-18-13/h4-5,8H,2-3,6-7,9H2,1H3,(H,15,17). The topological polar surface area (TPSA) is 46.2 Å². The van der Waals surface area contributed by atoms with Crippen molar-refractivity contribution >= 4 is 23.5 Å². The molecule has 0 bridgehead atoms. The largest absolute Gasteiger partial charge is 0.352 e. The third kappa shape index (κ3) is 3.60. The summed E-state index contributed by atoms with van der Waals surface area (Å²) in [5.74, 6) is 0.894. The van der Waals surface area contributed by atoms with Crippen LogP contribution in [0.1, 0.15) is 30.9 Å². The molecule has 18 heavy (non-hydrogen) atoms. The summed E-state index contributed by atoms with van der Waals surface area (Å²) in [6.07, 6.45) is 2.32. The molecule has 96 valence electrons. The molecule has 1 N–H and O–H groups in total. The smallest absolute Gasteiger partial charge is 0.227 e. The third-order valence-electron chi connectivity index (χ3n) is 2.87. The molecule has 0 aromatic heterocycles. The number of aryl methyl sites for hydroxylation is 1. The van der Waals surface area contributed by atoms with Gasteiger partial charge in [-0.15, -0.1) is 11.8 Å². The number of Topliss-reactive ketones (excluding diaryl/α,β-unsaturated/α-hetero) is 1. The molecule has 0 fully saturated rings. The highest BCUT2D eigenvalue weighted by Gasteiger charge is 2.10. The van der Waals surface area contributed by atoms with Gasteiger partial charge >= 0.3 is 0 Å². The van der Waals surface area contributed by atoms with Gasteiger partial charge in [0.25, 0.3) is 0 Å². The Kier molecular flexibility index (Phi) is 4.42. The summed E-state index contributed by atoms with van der Waals surface area (Å²) >= 11 is 1.90. The summed E-state index contributed by atoms with van der Waals surface area (Å²) in [4.78, 5) is 23.5. The lowest BCUT2D eigenvalue weighted by molar-refractivity contribution is -0.127. The predicted molar refractivity (Wildman–Crippen MR) is 72.6 cm³/mol. The highest BCUT2D eigenvalue weighted by molar-refractivity contribution is 7.99. The molecule has 2 rings (SSSR count). The normalized spacial score (nSPS) is 13.8. The molecule has 0 unspecified atom stereocenters. The van der Waals surface area contributed by atoms with E-state index in [9.17, 15) is 9.59 Å². The van der Waals surface area contributed by atoms with Gasteiger partial charge in [-0.3, -0.25) is 9.59 Å². The minimum atomic E-state index is -0.199. The number of rotatable bonds is 4. The van der Waals surface area contributed by atoms with Crippen molar-refractivity contribution in [1.82, 2.24) is 5.32 Å². The first kappa shape index (κ1) is 13.1. The molecule has 0 radical (unpaired) electrons. The van der Waals surface area contributed by atoms with Crippen LogP contribution in [-0.2, 0) is 22.6 Å². The van der Waals surface area contributed by atoms with Gasteiger partial charge in [0.05, 0.1) is 6.42 Å². The summed E-state index contributed by atoms with van der Waals surface area (Å²) in [7, 11) is 0. The van der Waals surface area contributed by atoms with Crippen molar-refractivity contribution in [3.8, 4) is 0 Å². The number of amides is 1. The number of carbonyl (C=O) groups excluding carboxylic acids is 2. The van der Waals surface area contributed by atoms with Crippen molar-refractivity contribution in [3.05, 3.63) is 29.3 Å². The fourth-order valence-corrected chi connectivity index (χ4v) is 3.03. The molecule has 0 saturated heterocycles. The average Bonchev–Trinajstić information content (AvgIpc) is 2.35. The Hall–Kier alpha value is -1.29. The van der Waals surface area contributed by atoms with E-state index in [1.54, 1.807) is 0 Å². The van der Waals surface area contributed by atoms with E-state index in [1.807, 2.05) is 17.8 Å². The zero-order chi connectivity index (χ0) is 13.0. The maximum atomic E-state index is 11.4. The quantitative estimate of drug-likeness (QED) is 0.848. The summed E-state index contributed by atoms with van der Waals surface area (Å²) in [5, 5.41) is 2.77. The number of thioether (sulfide) groups is 1. The fraction of sp³-hybridized carbons (Fsp3) is 0.429. The molecule has 1 aromatic carbocycles.